The third kappa shape index (κ3) is 7.79. The number of nitrogens with one attached hydrogen (secondary N) is 1. The molecule has 3 N–H and O–H groups in total. The Labute approximate surface area is 113 Å². The molecule has 0 aliphatic rings. The molecular weight excluding hydrogens is 254 g/mol. The topological polar surface area (TPSA) is 78.8 Å². The van der Waals surface area contributed by atoms with Gasteiger partial charge in [0, 0.05) is 17.7 Å². The third-order valence-corrected chi connectivity index (χ3v) is 3.79. The van der Waals surface area contributed by atoms with Gasteiger partial charge in [-0.1, -0.05) is 13.8 Å². The molecule has 1 unspecified atom stereocenters. The number of thioether (sulfide) groups is 1. The average molecular weight is 279 g/mol. The SMILES string of the molecule is CC(C)OC(=O)NCCC(C)(C)C(O)SCCO. The quantitative estimate of drug-likeness (QED) is 0.588. The fourth-order valence-corrected chi connectivity index (χ4v) is 2.15. The fraction of sp³-hybridized carbons (Fsp3) is 0.917. The smallest absolute Gasteiger partial charge is 0.407 e. The van der Waals surface area contributed by atoms with Crippen molar-refractivity contribution < 1.29 is 19.7 Å². The molecule has 108 valence electrons. The van der Waals surface area contributed by atoms with Gasteiger partial charge in [0.05, 0.1) is 12.7 Å². The van der Waals surface area contributed by atoms with Crippen LogP contribution in [0, 0.1) is 5.41 Å². The van der Waals surface area contributed by atoms with E-state index in [1.165, 1.54) is 11.8 Å². The predicted molar refractivity (Wildman–Crippen MR) is 73.6 cm³/mol. The summed E-state index contributed by atoms with van der Waals surface area (Å²) in [4.78, 5) is 11.2. The molecule has 18 heavy (non-hydrogen) atoms. The van der Waals surface area contributed by atoms with Crippen molar-refractivity contribution in [1.82, 2.24) is 5.32 Å². The Morgan fingerprint density at radius 1 is 1.44 bits per heavy atom. The Hall–Kier alpha value is -0.460. The zero-order chi connectivity index (χ0) is 14.2. The van der Waals surface area contributed by atoms with Crippen molar-refractivity contribution in [2.24, 2.45) is 5.41 Å². The lowest BCUT2D eigenvalue weighted by Crippen LogP contribution is -2.34. The van der Waals surface area contributed by atoms with Gasteiger partial charge in [-0.15, -0.1) is 11.8 Å². The molecule has 0 aliphatic carbocycles. The molecule has 0 rings (SSSR count). The molecule has 0 aliphatic heterocycles. The van der Waals surface area contributed by atoms with E-state index in [1.54, 1.807) is 13.8 Å². The highest BCUT2D eigenvalue weighted by Gasteiger charge is 2.27. The van der Waals surface area contributed by atoms with Gasteiger partial charge in [-0.05, 0) is 20.3 Å². The molecule has 0 fully saturated rings. The first-order chi connectivity index (χ1) is 8.29. The average Bonchev–Trinajstić information content (AvgIpc) is 2.24. The summed E-state index contributed by atoms with van der Waals surface area (Å²) in [6, 6.07) is 0. The maximum atomic E-state index is 11.2. The van der Waals surface area contributed by atoms with E-state index in [4.69, 9.17) is 9.84 Å². The van der Waals surface area contributed by atoms with E-state index in [2.05, 4.69) is 5.32 Å². The van der Waals surface area contributed by atoms with Crippen LogP contribution in [-0.2, 0) is 4.74 Å². The van der Waals surface area contributed by atoms with Gasteiger partial charge in [0.15, 0.2) is 0 Å². The van der Waals surface area contributed by atoms with Crippen LogP contribution in [0.5, 0.6) is 0 Å². The number of carbonyl (C=O) groups is 1. The van der Waals surface area contributed by atoms with Crippen molar-refractivity contribution >= 4 is 17.9 Å². The summed E-state index contributed by atoms with van der Waals surface area (Å²) in [7, 11) is 0. The van der Waals surface area contributed by atoms with Crippen LogP contribution >= 0.6 is 11.8 Å². The minimum absolute atomic E-state index is 0.0524. The summed E-state index contributed by atoms with van der Waals surface area (Å²) < 4.78 is 4.94. The summed E-state index contributed by atoms with van der Waals surface area (Å²) in [6.07, 6.45) is 0.0711. The van der Waals surface area contributed by atoms with E-state index >= 15 is 0 Å². The lowest BCUT2D eigenvalue weighted by Gasteiger charge is -2.30. The molecule has 0 heterocycles. The number of carbonyl (C=O) groups excluding carboxylic acids is 1. The first-order valence-corrected chi connectivity index (χ1v) is 7.19. The second-order valence-corrected chi connectivity index (χ2v) is 6.25. The van der Waals surface area contributed by atoms with Crippen LogP contribution in [0.4, 0.5) is 4.79 Å². The number of hydrogen-bond donors (Lipinski definition) is 3. The van der Waals surface area contributed by atoms with E-state index in [9.17, 15) is 9.90 Å². The molecule has 0 saturated heterocycles. The second kappa shape index (κ2) is 8.61. The Morgan fingerprint density at radius 2 is 2.06 bits per heavy atom. The highest BCUT2D eigenvalue weighted by atomic mass is 32.2. The molecule has 0 aromatic rings. The molecular formula is C12H25NO4S. The van der Waals surface area contributed by atoms with Gasteiger partial charge < -0.3 is 20.3 Å². The Balaban J connectivity index is 3.92. The van der Waals surface area contributed by atoms with Crippen LogP contribution < -0.4 is 5.32 Å². The van der Waals surface area contributed by atoms with Gasteiger partial charge >= 0.3 is 6.09 Å². The minimum Gasteiger partial charge on any atom is -0.447 e. The molecule has 6 heteroatoms. The van der Waals surface area contributed by atoms with E-state index < -0.39 is 11.5 Å². The van der Waals surface area contributed by atoms with Gasteiger partial charge in [-0.2, -0.15) is 0 Å². The van der Waals surface area contributed by atoms with E-state index in [1.807, 2.05) is 13.8 Å². The summed E-state index contributed by atoms with van der Waals surface area (Å²) >= 11 is 1.31. The lowest BCUT2D eigenvalue weighted by atomic mass is 9.90. The molecule has 1 amide bonds. The van der Waals surface area contributed by atoms with E-state index in [0.717, 1.165) is 0 Å². The highest BCUT2D eigenvalue weighted by Crippen LogP contribution is 2.31. The third-order valence-electron chi connectivity index (χ3n) is 2.42. The number of ether oxygens (including phenoxy) is 1. The van der Waals surface area contributed by atoms with Gasteiger partial charge in [0.2, 0.25) is 0 Å². The number of aliphatic hydroxyl groups is 2. The number of hydrogen-bond acceptors (Lipinski definition) is 5. The van der Waals surface area contributed by atoms with Crippen molar-refractivity contribution in [1.29, 1.82) is 0 Å². The van der Waals surface area contributed by atoms with Crippen LogP contribution in [0.25, 0.3) is 0 Å². The van der Waals surface area contributed by atoms with Crippen LogP contribution in [0.15, 0.2) is 0 Å². The Bertz CT molecular complexity index is 246. The zero-order valence-corrected chi connectivity index (χ0v) is 12.4. The van der Waals surface area contributed by atoms with Gasteiger partial charge in [-0.25, -0.2) is 4.79 Å². The number of amides is 1. The maximum Gasteiger partial charge on any atom is 0.407 e. The van der Waals surface area contributed by atoms with Crippen molar-refractivity contribution in [2.45, 2.75) is 45.7 Å². The number of alkyl carbamates (subject to hydrolysis) is 1. The molecule has 0 radical (unpaired) electrons. The zero-order valence-electron chi connectivity index (χ0n) is 11.6. The molecule has 0 bridgehead atoms. The fourth-order valence-electron chi connectivity index (χ4n) is 1.26. The van der Waals surface area contributed by atoms with Crippen LogP contribution in [-0.4, -0.2) is 46.8 Å². The summed E-state index contributed by atoms with van der Waals surface area (Å²) in [6.45, 7) is 7.94. The lowest BCUT2D eigenvalue weighted by molar-refractivity contribution is 0.104. The minimum atomic E-state index is -0.562. The molecule has 0 spiro atoms. The number of rotatable bonds is 8. The largest absolute Gasteiger partial charge is 0.447 e. The van der Waals surface area contributed by atoms with Crippen molar-refractivity contribution in [3.63, 3.8) is 0 Å². The molecule has 0 aromatic carbocycles. The molecule has 0 aromatic heterocycles. The van der Waals surface area contributed by atoms with Crippen molar-refractivity contribution in [3.8, 4) is 0 Å². The highest BCUT2D eigenvalue weighted by molar-refractivity contribution is 7.99. The monoisotopic (exact) mass is 279 g/mol. The van der Waals surface area contributed by atoms with Crippen molar-refractivity contribution in [3.05, 3.63) is 0 Å². The summed E-state index contributed by atoms with van der Waals surface area (Å²) in [5.41, 5.74) is -0.891. The van der Waals surface area contributed by atoms with Crippen LogP contribution in [0.1, 0.15) is 34.1 Å². The molecule has 1 atom stereocenters. The summed E-state index contributed by atoms with van der Waals surface area (Å²) in [5, 5.41) is 21.3. The molecule has 5 nitrogen and oxygen atoms in total. The maximum absolute atomic E-state index is 11.2. The van der Waals surface area contributed by atoms with Crippen LogP contribution in [0.2, 0.25) is 0 Å². The summed E-state index contributed by atoms with van der Waals surface area (Å²) in [5.74, 6) is 0.507. The van der Waals surface area contributed by atoms with Gasteiger partial charge in [0.1, 0.15) is 5.44 Å². The predicted octanol–water partition coefficient (Wildman–Crippen LogP) is 1.58. The van der Waals surface area contributed by atoms with Crippen molar-refractivity contribution in [2.75, 3.05) is 18.9 Å². The van der Waals surface area contributed by atoms with E-state index in [-0.39, 0.29) is 18.1 Å². The Kier molecular flexibility index (Phi) is 8.39. The normalized spacial score (nSPS) is 13.5. The van der Waals surface area contributed by atoms with Crippen LogP contribution in [0.3, 0.4) is 0 Å². The van der Waals surface area contributed by atoms with Gasteiger partial charge in [-0.3, -0.25) is 0 Å². The molecule has 0 saturated carbocycles. The first kappa shape index (κ1) is 17.5. The van der Waals surface area contributed by atoms with Gasteiger partial charge in [0.25, 0.3) is 0 Å². The number of aliphatic hydroxyl groups excluding tert-OH is 2. The standard InChI is InChI=1S/C12H25NO4S/c1-9(2)17-11(16)13-6-5-12(3,4)10(15)18-8-7-14/h9-10,14-15H,5-8H2,1-4H3,(H,13,16). The first-order valence-electron chi connectivity index (χ1n) is 6.14. The second-order valence-electron chi connectivity index (χ2n) is 5.07. The Morgan fingerprint density at radius 3 is 2.56 bits per heavy atom. The van der Waals surface area contributed by atoms with E-state index in [0.29, 0.717) is 18.7 Å².